The van der Waals surface area contributed by atoms with Gasteiger partial charge in [0.2, 0.25) is 0 Å². The molecule has 0 fully saturated rings. The van der Waals surface area contributed by atoms with Gasteiger partial charge in [0.25, 0.3) is 0 Å². The molecule has 26 heavy (non-hydrogen) atoms. The van der Waals surface area contributed by atoms with Gasteiger partial charge in [0.05, 0.1) is 0 Å². The maximum Gasteiger partial charge on any atom is 0.307 e. The van der Waals surface area contributed by atoms with E-state index in [2.05, 4.69) is 6.92 Å². The van der Waals surface area contributed by atoms with Gasteiger partial charge in [0.1, 0.15) is 11.5 Å². The number of phenolic OH excluding ortho intramolecular Hbond substituents is 2. The Labute approximate surface area is 155 Å². The van der Waals surface area contributed by atoms with Crippen molar-refractivity contribution in [2.24, 2.45) is 0 Å². The standard InChI is InChI=1S/C22H28O4/c1-3-5-6-7-21(25)26-22(16-4-2,17-8-12-19(23)13-9-17)18-10-14-20(24)15-11-18/h8-15,23-24H,3-7,16H2,1-2H3. The van der Waals surface area contributed by atoms with E-state index in [1.54, 1.807) is 48.5 Å². The number of benzene rings is 2. The van der Waals surface area contributed by atoms with Gasteiger partial charge in [-0.25, -0.2) is 0 Å². The molecule has 0 radical (unpaired) electrons. The molecule has 0 aliphatic rings. The Kier molecular flexibility index (Phi) is 7.07. The van der Waals surface area contributed by atoms with Gasteiger partial charge in [-0.15, -0.1) is 0 Å². The van der Waals surface area contributed by atoms with Gasteiger partial charge in [-0.3, -0.25) is 4.79 Å². The Bertz CT molecular complexity index is 644. The molecule has 0 aliphatic heterocycles. The molecule has 2 aromatic carbocycles. The second-order valence-corrected chi connectivity index (χ2v) is 6.60. The fourth-order valence-electron chi connectivity index (χ4n) is 3.20. The van der Waals surface area contributed by atoms with Crippen molar-refractivity contribution in [3.05, 3.63) is 59.7 Å². The lowest BCUT2D eigenvalue weighted by Gasteiger charge is -2.35. The van der Waals surface area contributed by atoms with E-state index in [-0.39, 0.29) is 17.5 Å². The van der Waals surface area contributed by atoms with Crippen LogP contribution in [0.25, 0.3) is 0 Å². The van der Waals surface area contributed by atoms with E-state index in [4.69, 9.17) is 4.74 Å². The predicted molar refractivity (Wildman–Crippen MR) is 102 cm³/mol. The minimum atomic E-state index is -0.931. The third-order valence-electron chi connectivity index (χ3n) is 4.54. The molecular formula is C22H28O4. The third-order valence-corrected chi connectivity index (χ3v) is 4.54. The smallest absolute Gasteiger partial charge is 0.307 e. The number of esters is 1. The van der Waals surface area contributed by atoms with Crippen molar-refractivity contribution in [2.75, 3.05) is 0 Å². The van der Waals surface area contributed by atoms with Gasteiger partial charge >= 0.3 is 5.97 Å². The number of hydrogen-bond donors (Lipinski definition) is 2. The zero-order valence-electron chi connectivity index (χ0n) is 15.6. The molecule has 140 valence electrons. The Hall–Kier alpha value is -2.49. The maximum atomic E-state index is 12.6. The summed E-state index contributed by atoms with van der Waals surface area (Å²) in [6, 6.07) is 13.6. The van der Waals surface area contributed by atoms with Crippen LogP contribution < -0.4 is 0 Å². The van der Waals surface area contributed by atoms with Crippen LogP contribution >= 0.6 is 0 Å². The van der Waals surface area contributed by atoms with Crippen molar-refractivity contribution >= 4 is 5.97 Å². The van der Waals surface area contributed by atoms with E-state index in [0.717, 1.165) is 36.8 Å². The summed E-state index contributed by atoms with van der Waals surface area (Å²) in [5, 5.41) is 19.3. The number of hydrogen-bond acceptors (Lipinski definition) is 4. The van der Waals surface area contributed by atoms with E-state index in [9.17, 15) is 15.0 Å². The molecule has 2 aromatic rings. The van der Waals surface area contributed by atoms with Crippen LogP contribution in [0.3, 0.4) is 0 Å². The number of aromatic hydroxyl groups is 2. The topological polar surface area (TPSA) is 66.8 Å². The molecule has 0 saturated carbocycles. The SMILES string of the molecule is CCCCCC(=O)OC(CCC)(c1ccc(O)cc1)c1ccc(O)cc1. The second kappa shape index (κ2) is 9.27. The minimum Gasteiger partial charge on any atom is -0.508 e. The number of unbranched alkanes of at least 4 members (excludes halogenated alkanes) is 2. The predicted octanol–water partition coefficient (Wildman–Crippen LogP) is 5.27. The highest BCUT2D eigenvalue weighted by molar-refractivity contribution is 5.70. The molecule has 0 bridgehead atoms. The zero-order valence-corrected chi connectivity index (χ0v) is 15.6. The average molecular weight is 356 g/mol. The Morgan fingerprint density at radius 1 is 0.846 bits per heavy atom. The highest BCUT2D eigenvalue weighted by Gasteiger charge is 2.37. The monoisotopic (exact) mass is 356 g/mol. The van der Waals surface area contributed by atoms with Crippen LogP contribution in [-0.2, 0) is 15.1 Å². The summed E-state index contributed by atoms with van der Waals surface area (Å²) in [6.07, 6.45) is 4.65. The normalized spacial score (nSPS) is 11.3. The molecule has 0 aliphatic carbocycles. The van der Waals surface area contributed by atoms with E-state index < -0.39 is 5.60 Å². The summed E-state index contributed by atoms with van der Waals surface area (Å²) in [7, 11) is 0. The first-order chi connectivity index (χ1) is 12.5. The van der Waals surface area contributed by atoms with E-state index >= 15 is 0 Å². The highest BCUT2D eigenvalue weighted by Crippen LogP contribution is 2.39. The summed E-state index contributed by atoms with van der Waals surface area (Å²) in [5.74, 6) is 0.103. The van der Waals surface area contributed by atoms with Gasteiger partial charge in [0, 0.05) is 17.5 Å². The van der Waals surface area contributed by atoms with Crippen LogP contribution in [0.5, 0.6) is 11.5 Å². The molecule has 0 atom stereocenters. The van der Waals surface area contributed by atoms with E-state index in [1.165, 1.54) is 0 Å². The minimum absolute atomic E-state index is 0.166. The van der Waals surface area contributed by atoms with Crippen LogP contribution in [0.1, 0.15) is 63.5 Å². The van der Waals surface area contributed by atoms with Crippen molar-refractivity contribution in [1.29, 1.82) is 0 Å². The molecule has 0 spiro atoms. The lowest BCUT2D eigenvalue weighted by molar-refractivity contribution is -0.157. The van der Waals surface area contributed by atoms with Crippen molar-refractivity contribution < 1.29 is 19.7 Å². The molecule has 0 unspecified atom stereocenters. The molecule has 4 heteroatoms. The number of ether oxygens (including phenoxy) is 1. The van der Waals surface area contributed by atoms with Gasteiger partial charge in [-0.1, -0.05) is 57.4 Å². The fourth-order valence-corrected chi connectivity index (χ4v) is 3.20. The third kappa shape index (κ3) is 4.78. The van der Waals surface area contributed by atoms with Gasteiger partial charge in [0.15, 0.2) is 5.60 Å². The van der Waals surface area contributed by atoms with Crippen molar-refractivity contribution in [3.8, 4) is 11.5 Å². The van der Waals surface area contributed by atoms with E-state index in [1.807, 2.05) is 6.92 Å². The summed E-state index contributed by atoms with van der Waals surface area (Å²) in [6.45, 7) is 4.14. The number of carbonyl (C=O) groups is 1. The molecule has 4 nitrogen and oxygen atoms in total. The lowest BCUT2D eigenvalue weighted by Crippen LogP contribution is -2.34. The Morgan fingerprint density at radius 3 is 1.77 bits per heavy atom. The van der Waals surface area contributed by atoms with Gasteiger partial charge in [-0.05, 0) is 37.1 Å². The first-order valence-electron chi connectivity index (χ1n) is 9.32. The molecule has 2 rings (SSSR count). The largest absolute Gasteiger partial charge is 0.508 e. The molecular weight excluding hydrogens is 328 g/mol. The fraction of sp³-hybridized carbons (Fsp3) is 0.409. The molecule has 2 N–H and O–H groups in total. The quantitative estimate of drug-likeness (QED) is 0.475. The molecule has 0 saturated heterocycles. The number of carbonyl (C=O) groups excluding carboxylic acids is 1. The molecule has 0 aromatic heterocycles. The van der Waals surface area contributed by atoms with Gasteiger partial charge in [-0.2, -0.15) is 0 Å². The van der Waals surface area contributed by atoms with E-state index in [0.29, 0.717) is 12.8 Å². The maximum absolute atomic E-state index is 12.6. The van der Waals surface area contributed by atoms with Gasteiger partial charge < -0.3 is 14.9 Å². The summed E-state index contributed by atoms with van der Waals surface area (Å²) in [4.78, 5) is 12.6. The van der Waals surface area contributed by atoms with Crippen LogP contribution in [0.2, 0.25) is 0 Å². The van der Waals surface area contributed by atoms with Crippen molar-refractivity contribution in [2.45, 2.75) is 58.0 Å². The highest BCUT2D eigenvalue weighted by atomic mass is 16.6. The number of rotatable bonds is 9. The lowest BCUT2D eigenvalue weighted by atomic mass is 9.82. The van der Waals surface area contributed by atoms with Crippen LogP contribution in [0.15, 0.2) is 48.5 Å². The summed E-state index contributed by atoms with van der Waals surface area (Å²) in [5.41, 5.74) is 0.692. The first kappa shape index (κ1) is 19.8. The molecule has 0 amide bonds. The summed E-state index contributed by atoms with van der Waals surface area (Å²) >= 11 is 0. The second-order valence-electron chi connectivity index (χ2n) is 6.60. The Morgan fingerprint density at radius 2 is 1.35 bits per heavy atom. The van der Waals surface area contributed by atoms with Crippen molar-refractivity contribution in [1.82, 2.24) is 0 Å². The molecule has 0 heterocycles. The van der Waals surface area contributed by atoms with Crippen molar-refractivity contribution in [3.63, 3.8) is 0 Å². The summed E-state index contributed by atoms with van der Waals surface area (Å²) < 4.78 is 6.07. The van der Waals surface area contributed by atoms with Crippen LogP contribution in [0, 0.1) is 0 Å². The Balaban J connectivity index is 2.44. The zero-order chi connectivity index (χ0) is 19.0. The van der Waals surface area contributed by atoms with Crippen LogP contribution in [0.4, 0.5) is 0 Å². The van der Waals surface area contributed by atoms with Crippen LogP contribution in [-0.4, -0.2) is 16.2 Å². The number of phenols is 2. The first-order valence-corrected chi connectivity index (χ1v) is 9.32. The average Bonchev–Trinajstić information content (AvgIpc) is 2.63.